The second-order valence-electron chi connectivity index (χ2n) is 9.70. The maximum Gasteiger partial charge on any atom is 0.253 e. The molecule has 0 bridgehead atoms. The van der Waals surface area contributed by atoms with Crippen LogP contribution in [0.1, 0.15) is 41.3 Å². The number of nitrogens with one attached hydrogen (secondary N) is 1. The molecule has 5 rings (SSSR count). The maximum absolute atomic E-state index is 14.7. The van der Waals surface area contributed by atoms with Crippen molar-refractivity contribution in [2.75, 3.05) is 45.9 Å². The molecule has 2 saturated heterocycles. The highest BCUT2D eigenvalue weighted by atomic mass is 19.1. The molecule has 0 spiro atoms. The van der Waals surface area contributed by atoms with Gasteiger partial charge in [-0.1, -0.05) is 18.2 Å². The molecule has 3 aliphatic heterocycles. The monoisotopic (exact) mass is 497 g/mol. The number of ether oxygens (including phenoxy) is 2. The summed E-state index contributed by atoms with van der Waals surface area (Å²) < 4.78 is 25.6. The molecule has 0 saturated carbocycles. The van der Waals surface area contributed by atoms with Crippen molar-refractivity contribution in [1.29, 1.82) is 0 Å². The third-order valence-corrected chi connectivity index (χ3v) is 7.19. The summed E-state index contributed by atoms with van der Waals surface area (Å²) in [6.45, 7) is 3.62. The average molecular weight is 498 g/mol. The Hall–Kier alpha value is -3.17. The van der Waals surface area contributed by atoms with E-state index in [0.29, 0.717) is 43.8 Å². The molecule has 0 aliphatic carbocycles. The van der Waals surface area contributed by atoms with E-state index in [0.717, 1.165) is 25.9 Å². The Balaban J connectivity index is 1.29. The number of fused-ring (bicyclic) bond motifs is 1. The van der Waals surface area contributed by atoms with Crippen molar-refractivity contribution >= 4 is 11.8 Å². The highest BCUT2D eigenvalue weighted by molar-refractivity contribution is 5.95. The third-order valence-electron chi connectivity index (χ3n) is 7.19. The van der Waals surface area contributed by atoms with Gasteiger partial charge in [-0.15, -0.1) is 0 Å². The highest BCUT2D eigenvalue weighted by Crippen LogP contribution is 2.36. The lowest BCUT2D eigenvalue weighted by molar-refractivity contribution is -0.126. The van der Waals surface area contributed by atoms with Gasteiger partial charge in [0.2, 0.25) is 5.91 Å². The Labute approximate surface area is 210 Å². The summed E-state index contributed by atoms with van der Waals surface area (Å²) in [5.41, 5.74) is 0.926. The van der Waals surface area contributed by atoms with Crippen molar-refractivity contribution in [1.82, 2.24) is 15.1 Å². The van der Waals surface area contributed by atoms with Crippen LogP contribution in [-0.4, -0.2) is 78.7 Å². The van der Waals surface area contributed by atoms with Crippen molar-refractivity contribution in [2.24, 2.45) is 5.92 Å². The van der Waals surface area contributed by atoms with Gasteiger partial charge >= 0.3 is 0 Å². The Morgan fingerprint density at radius 3 is 2.61 bits per heavy atom. The van der Waals surface area contributed by atoms with E-state index in [1.54, 1.807) is 23.1 Å². The van der Waals surface area contributed by atoms with Gasteiger partial charge in [0, 0.05) is 25.2 Å². The second kappa shape index (κ2) is 10.8. The quantitative estimate of drug-likeness (QED) is 0.611. The van der Waals surface area contributed by atoms with Crippen molar-refractivity contribution in [3.05, 3.63) is 59.4 Å². The molecule has 8 nitrogen and oxygen atoms in total. The number of hydrogen-bond acceptors (Lipinski definition) is 6. The zero-order valence-electron chi connectivity index (χ0n) is 20.2. The Morgan fingerprint density at radius 2 is 1.83 bits per heavy atom. The molecule has 2 fully saturated rings. The van der Waals surface area contributed by atoms with E-state index < -0.39 is 18.0 Å². The molecule has 2 aromatic carbocycles. The summed E-state index contributed by atoms with van der Waals surface area (Å²) in [5.74, 6) is -0.967. The topological polar surface area (TPSA) is 91.3 Å². The number of benzene rings is 2. The minimum absolute atomic E-state index is 0.0476. The molecule has 9 heteroatoms. The maximum atomic E-state index is 14.7. The summed E-state index contributed by atoms with van der Waals surface area (Å²) >= 11 is 0. The summed E-state index contributed by atoms with van der Waals surface area (Å²) in [6.07, 6.45) is 1.54. The SMILES string of the molecule is O=C(N[C@H](CN1CCCC1)[C@H](O)c1cc(F)c2c(c1)OCCO2)C1CCN(C(=O)c2ccccc2)C1. The van der Waals surface area contributed by atoms with Crippen molar-refractivity contribution in [2.45, 2.75) is 31.4 Å². The van der Waals surface area contributed by atoms with Crippen LogP contribution in [0.15, 0.2) is 42.5 Å². The van der Waals surface area contributed by atoms with Gasteiger partial charge in [-0.2, -0.15) is 0 Å². The summed E-state index contributed by atoms with van der Waals surface area (Å²) in [4.78, 5) is 30.0. The minimum atomic E-state index is -1.14. The van der Waals surface area contributed by atoms with E-state index in [-0.39, 0.29) is 35.8 Å². The molecule has 3 aliphatic rings. The fraction of sp³-hybridized carbons (Fsp3) is 0.481. The number of likely N-dealkylation sites (tertiary alicyclic amines) is 2. The highest BCUT2D eigenvalue weighted by Gasteiger charge is 2.35. The van der Waals surface area contributed by atoms with Crippen LogP contribution in [0.25, 0.3) is 0 Å². The molecule has 2 N–H and O–H groups in total. The van der Waals surface area contributed by atoms with Crippen molar-refractivity contribution in [3.63, 3.8) is 0 Å². The molecule has 3 heterocycles. The number of rotatable bonds is 7. The zero-order valence-corrected chi connectivity index (χ0v) is 20.2. The van der Waals surface area contributed by atoms with Crippen LogP contribution in [0, 0.1) is 11.7 Å². The normalized spacial score (nSPS) is 21.3. The smallest absolute Gasteiger partial charge is 0.253 e. The molecule has 36 heavy (non-hydrogen) atoms. The lowest BCUT2D eigenvalue weighted by Gasteiger charge is -2.30. The standard InChI is InChI=1S/C27H32FN3O5/c28-21-14-20(15-23-25(21)36-13-12-35-23)24(32)22(17-30-9-4-5-10-30)29-26(33)19-8-11-31(16-19)27(34)18-6-2-1-3-7-18/h1-3,6-7,14-15,19,22,24,32H,4-5,8-13,16-17H2,(H,29,33)/t19?,22-,24-/m1/s1. The predicted octanol–water partition coefficient (Wildman–Crippen LogP) is 2.37. The van der Waals surface area contributed by atoms with E-state index in [2.05, 4.69) is 10.2 Å². The number of amides is 2. The Kier molecular flexibility index (Phi) is 7.38. The molecule has 2 amide bonds. The van der Waals surface area contributed by atoms with Crippen LogP contribution in [0.5, 0.6) is 11.5 Å². The molecule has 192 valence electrons. The first kappa shape index (κ1) is 24.5. The van der Waals surface area contributed by atoms with Gasteiger partial charge in [0.15, 0.2) is 17.3 Å². The number of carbonyl (C=O) groups is 2. The van der Waals surface area contributed by atoms with Crippen LogP contribution >= 0.6 is 0 Å². The number of carbonyl (C=O) groups excluding carboxylic acids is 2. The lowest BCUT2D eigenvalue weighted by Crippen LogP contribution is -2.49. The van der Waals surface area contributed by atoms with Gasteiger partial charge in [-0.3, -0.25) is 9.59 Å². The van der Waals surface area contributed by atoms with Gasteiger partial charge in [0.1, 0.15) is 19.3 Å². The summed E-state index contributed by atoms with van der Waals surface area (Å²) in [6, 6.07) is 11.2. The number of aliphatic hydroxyl groups excluding tert-OH is 1. The minimum Gasteiger partial charge on any atom is -0.486 e. The molecular weight excluding hydrogens is 465 g/mol. The zero-order chi connectivity index (χ0) is 25.1. The van der Waals surface area contributed by atoms with E-state index in [1.165, 1.54) is 6.07 Å². The molecular formula is C27H32FN3O5. The predicted molar refractivity (Wildman–Crippen MR) is 130 cm³/mol. The van der Waals surface area contributed by atoms with Crippen molar-refractivity contribution < 1.29 is 28.6 Å². The van der Waals surface area contributed by atoms with E-state index in [4.69, 9.17) is 9.47 Å². The van der Waals surface area contributed by atoms with E-state index in [9.17, 15) is 19.1 Å². The average Bonchev–Trinajstić information content (AvgIpc) is 3.61. The fourth-order valence-electron chi connectivity index (χ4n) is 5.22. The number of halogens is 1. The van der Waals surface area contributed by atoms with Gasteiger partial charge in [0.25, 0.3) is 5.91 Å². The molecule has 3 atom stereocenters. The first-order chi connectivity index (χ1) is 17.5. The van der Waals surface area contributed by atoms with Gasteiger partial charge < -0.3 is 29.7 Å². The van der Waals surface area contributed by atoms with Gasteiger partial charge in [-0.25, -0.2) is 4.39 Å². The largest absolute Gasteiger partial charge is 0.486 e. The van der Waals surface area contributed by atoms with Gasteiger partial charge in [0.05, 0.1) is 12.0 Å². The third kappa shape index (κ3) is 5.32. The first-order valence-corrected chi connectivity index (χ1v) is 12.6. The van der Waals surface area contributed by atoms with Crippen LogP contribution in [-0.2, 0) is 4.79 Å². The molecule has 1 unspecified atom stereocenters. The lowest BCUT2D eigenvalue weighted by atomic mass is 9.99. The van der Waals surface area contributed by atoms with Crippen LogP contribution in [0.3, 0.4) is 0 Å². The summed E-state index contributed by atoms with van der Waals surface area (Å²) in [7, 11) is 0. The Bertz CT molecular complexity index is 1090. The summed E-state index contributed by atoms with van der Waals surface area (Å²) in [5, 5.41) is 14.3. The first-order valence-electron chi connectivity index (χ1n) is 12.6. The number of aliphatic hydroxyl groups is 1. The Morgan fingerprint density at radius 1 is 1.08 bits per heavy atom. The van der Waals surface area contributed by atoms with Crippen LogP contribution < -0.4 is 14.8 Å². The number of hydrogen-bond donors (Lipinski definition) is 2. The van der Waals surface area contributed by atoms with Crippen molar-refractivity contribution in [3.8, 4) is 11.5 Å². The van der Waals surface area contributed by atoms with Gasteiger partial charge in [-0.05, 0) is 62.2 Å². The van der Waals surface area contributed by atoms with Crippen LogP contribution in [0.2, 0.25) is 0 Å². The molecule has 0 aromatic heterocycles. The van der Waals surface area contributed by atoms with Crippen LogP contribution in [0.4, 0.5) is 4.39 Å². The number of nitrogens with zero attached hydrogens (tertiary/aromatic N) is 2. The molecule has 2 aromatic rings. The molecule has 0 radical (unpaired) electrons. The fourth-order valence-corrected chi connectivity index (χ4v) is 5.22. The van der Waals surface area contributed by atoms with E-state index in [1.807, 2.05) is 18.2 Å². The van der Waals surface area contributed by atoms with E-state index >= 15 is 0 Å². The second-order valence-corrected chi connectivity index (χ2v) is 9.70.